The van der Waals surface area contributed by atoms with E-state index in [0.29, 0.717) is 19.3 Å². The van der Waals surface area contributed by atoms with Crippen molar-refractivity contribution >= 4 is 17.9 Å². The Kier molecular flexibility index (Phi) is 45.2. The molecule has 344 valence electrons. The first kappa shape index (κ1) is 56.4. The minimum absolute atomic E-state index is 0.0639. The van der Waals surface area contributed by atoms with Crippen molar-refractivity contribution in [3.8, 4) is 0 Å². The zero-order valence-electron chi connectivity index (χ0n) is 39.5. The van der Waals surface area contributed by atoms with Gasteiger partial charge in [-0.3, -0.25) is 14.4 Å². The first-order chi connectivity index (χ1) is 28.4. The molecule has 1 atom stereocenters. The van der Waals surface area contributed by atoms with Crippen molar-refractivity contribution in [3.63, 3.8) is 0 Å². The molecule has 0 bridgehead atoms. The van der Waals surface area contributed by atoms with Gasteiger partial charge in [0.2, 0.25) is 0 Å². The van der Waals surface area contributed by atoms with Crippen LogP contribution in [-0.2, 0) is 28.6 Å². The van der Waals surface area contributed by atoms with E-state index in [2.05, 4.69) is 27.7 Å². The highest BCUT2D eigenvalue weighted by Gasteiger charge is 2.19. The molecule has 0 heterocycles. The van der Waals surface area contributed by atoms with Crippen LogP contribution in [0.5, 0.6) is 0 Å². The van der Waals surface area contributed by atoms with E-state index in [0.717, 1.165) is 70.1 Å². The number of rotatable bonds is 47. The standard InChI is InChI=1S/C52H100O6/c1-5-7-9-11-12-13-14-15-16-17-18-19-24-27-30-33-37-41-45-52(55)58-49(46-56-50(53)43-39-34-10-8-6-2)47-57-51(54)44-40-36-32-29-26-23-21-20-22-25-28-31-35-38-42-48(3)4/h48-49H,5-47H2,1-4H3/t49-/m0/s1. The van der Waals surface area contributed by atoms with Gasteiger partial charge in [0.15, 0.2) is 6.10 Å². The van der Waals surface area contributed by atoms with Gasteiger partial charge >= 0.3 is 17.9 Å². The van der Waals surface area contributed by atoms with Crippen LogP contribution >= 0.6 is 0 Å². The third-order valence-corrected chi connectivity index (χ3v) is 11.8. The molecular weight excluding hydrogens is 721 g/mol. The van der Waals surface area contributed by atoms with Gasteiger partial charge in [-0.1, -0.05) is 252 Å². The molecule has 0 aliphatic carbocycles. The second-order valence-electron chi connectivity index (χ2n) is 18.3. The largest absolute Gasteiger partial charge is 0.462 e. The summed E-state index contributed by atoms with van der Waals surface area (Å²) in [6, 6.07) is 0. The maximum Gasteiger partial charge on any atom is 0.306 e. The van der Waals surface area contributed by atoms with Crippen molar-refractivity contribution in [2.75, 3.05) is 13.2 Å². The number of hydrogen-bond acceptors (Lipinski definition) is 6. The molecule has 0 saturated heterocycles. The molecule has 0 unspecified atom stereocenters. The molecule has 0 N–H and O–H groups in total. The first-order valence-electron chi connectivity index (χ1n) is 25.9. The number of ether oxygens (including phenoxy) is 3. The van der Waals surface area contributed by atoms with Crippen LogP contribution in [0, 0.1) is 5.92 Å². The minimum atomic E-state index is -0.759. The van der Waals surface area contributed by atoms with Crippen LogP contribution in [0.1, 0.15) is 291 Å². The fraction of sp³-hybridized carbons (Fsp3) is 0.942. The Morgan fingerprint density at radius 3 is 0.845 bits per heavy atom. The molecular formula is C52H100O6. The molecule has 0 radical (unpaired) electrons. The SMILES string of the molecule is CCCCCCCCCCCCCCCCCCCCC(=O)O[C@@H](COC(=O)CCCCCCC)COC(=O)CCCCCCCCCCCCCCCCC(C)C. The van der Waals surface area contributed by atoms with E-state index in [1.54, 1.807) is 0 Å². The number of esters is 3. The second kappa shape index (κ2) is 46.5. The zero-order chi connectivity index (χ0) is 42.4. The maximum atomic E-state index is 12.7. The fourth-order valence-electron chi connectivity index (χ4n) is 7.86. The van der Waals surface area contributed by atoms with Crippen molar-refractivity contribution < 1.29 is 28.6 Å². The third kappa shape index (κ3) is 45.5. The van der Waals surface area contributed by atoms with Gasteiger partial charge in [-0.15, -0.1) is 0 Å². The van der Waals surface area contributed by atoms with Gasteiger partial charge in [-0.05, 0) is 25.2 Å². The Labute approximate surface area is 361 Å². The maximum absolute atomic E-state index is 12.7. The molecule has 6 nitrogen and oxygen atoms in total. The lowest BCUT2D eigenvalue weighted by atomic mass is 10.0. The molecule has 0 rings (SSSR count). The quantitative estimate of drug-likeness (QED) is 0.0346. The summed E-state index contributed by atoms with van der Waals surface area (Å²) in [5.74, 6) is -0.0143. The lowest BCUT2D eigenvalue weighted by Crippen LogP contribution is -2.30. The summed E-state index contributed by atoms with van der Waals surface area (Å²) in [4.78, 5) is 37.6. The normalized spacial score (nSPS) is 11.9. The summed E-state index contributed by atoms with van der Waals surface area (Å²) in [5.41, 5.74) is 0. The molecule has 0 amide bonds. The highest BCUT2D eigenvalue weighted by Crippen LogP contribution is 2.17. The molecule has 0 aromatic heterocycles. The summed E-state index contributed by atoms with van der Waals surface area (Å²) >= 11 is 0. The van der Waals surface area contributed by atoms with E-state index in [1.807, 2.05) is 0 Å². The highest BCUT2D eigenvalue weighted by molar-refractivity contribution is 5.71. The molecule has 6 heteroatoms. The van der Waals surface area contributed by atoms with Gasteiger partial charge in [-0.25, -0.2) is 0 Å². The summed E-state index contributed by atoms with van der Waals surface area (Å²) in [6.07, 6.45) is 48.4. The fourth-order valence-corrected chi connectivity index (χ4v) is 7.86. The van der Waals surface area contributed by atoms with E-state index in [-0.39, 0.29) is 31.1 Å². The molecule has 0 aliphatic heterocycles. The Balaban J connectivity index is 4.10. The summed E-state index contributed by atoms with van der Waals surface area (Å²) in [5, 5.41) is 0. The highest BCUT2D eigenvalue weighted by atomic mass is 16.6. The van der Waals surface area contributed by atoms with Crippen molar-refractivity contribution in [2.45, 2.75) is 297 Å². The van der Waals surface area contributed by atoms with Crippen molar-refractivity contribution in [2.24, 2.45) is 5.92 Å². The Bertz CT molecular complexity index is 872. The van der Waals surface area contributed by atoms with Crippen LogP contribution < -0.4 is 0 Å². The lowest BCUT2D eigenvalue weighted by Gasteiger charge is -2.18. The average Bonchev–Trinajstić information content (AvgIpc) is 3.21. The van der Waals surface area contributed by atoms with E-state index < -0.39 is 6.10 Å². The summed E-state index contributed by atoms with van der Waals surface area (Å²) in [7, 11) is 0. The molecule has 0 spiro atoms. The molecule has 0 fully saturated rings. The van der Waals surface area contributed by atoms with Crippen LogP contribution in [0.25, 0.3) is 0 Å². The van der Waals surface area contributed by atoms with Gasteiger partial charge in [-0.2, -0.15) is 0 Å². The molecule has 0 aliphatic rings. The van der Waals surface area contributed by atoms with Crippen molar-refractivity contribution in [1.82, 2.24) is 0 Å². The minimum Gasteiger partial charge on any atom is -0.462 e. The molecule has 0 aromatic rings. The first-order valence-corrected chi connectivity index (χ1v) is 25.9. The van der Waals surface area contributed by atoms with E-state index in [4.69, 9.17) is 14.2 Å². The number of carbonyl (C=O) groups is 3. The smallest absolute Gasteiger partial charge is 0.306 e. The van der Waals surface area contributed by atoms with E-state index >= 15 is 0 Å². The predicted octanol–water partition coefficient (Wildman–Crippen LogP) is 16.7. The second-order valence-corrected chi connectivity index (χ2v) is 18.3. The van der Waals surface area contributed by atoms with Crippen LogP contribution in [0.4, 0.5) is 0 Å². The number of unbranched alkanes of at least 4 members (excludes halogenated alkanes) is 34. The van der Waals surface area contributed by atoms with Gasteiger partial charge in [0.1, 0.15) is 13.2 Å². The third-order valence-electron chi connectivity index (χ3n) is 11.8. The van der Waals surface area contributed by atoms with Gasteiger partial charge < -0.3 is 14.2 Å². The van der Waals surface area contributed by atoms with E-state index in [1.165, 1.54) is 180 Å². The number of hydrogen-bond donors (Lipinski definition) is 0. The monoisotopic (exact) mass is 821 g/mol. The van der Waals surface area contributed by atoms with Crippen LogP contribution in [0.3, 0.4) is 0 Å². The van der Waals surface area contributed by atoms with Gasteiger partial charge in [0.25, 0.3) is 0 Å². The number of carbonyl (C=O) groups excluding carboxylic acids is 3. The van der Waals surface area contributed by atoms with Gasteiger partial charge in [0.05, 0.1) is 0 Å². The van der Waals surface area contributed by atoms with Crippen LogP contribution in [0.2, 0.25) is 0 Å². The topological polar surface area (TPSA) is 78.9 Å². The zero-order valence-corrected chi connectivity index (χ0v) is 39.5. The lowest BCUT2D eigenvalue weighted by molar-refractivity contribution is -0.167. The van der Waals surface area contributed by atoms with Crippen molar-refractivity contribution in [3.05, 3.63) is 0 Å². The Morgan fingerprint density at radius 1 is 0.328 bits per heavy atom. The molecule has 0 saturated carbocycles. The summed E-state index contributed by atoms with van der Waals surface area (Å²) < 4.78 is 16.7. The van der Waals surface area contributed by atoms with Crippen LogP contribution in [-0.4, -0.2) is 37.2 Å². The van der Waals surface area contributed by atoms with Gasteiger partial charge in [0, 0.05) is 19.3 Å². The Morgan fingerprint density at radius 2 is 0.569 bits per heavy atom. The average molecular weight is 821 g/mol. The predicted molar refractivity (Wildman–Crippen MR) is 247 cm³/mol. The van der Waals surface area contributed by atoms with E-state index in [9.17, 15) is 14.4 Å². The van der Waals surface area contributed by atoms with Crippen LogP contribution in [0.15, 0.2) is 0 Å². The molecule has 0 aromatic carbocycles. The van der Waals surface area contributed by atoms with Crippen molar-refractivity contribution in [1.29, 1.82) is 0 Å². The Hall–Kier alpha value is -1.59. The molecule has 58 heavy (non-hydrogen) atoms. The summed E-state index contributed by atoms with van der Waals surface area (Å²) in [6.45, 7) is 8.96.